The van der Waals surface area contributed by atoms with Gasteiger partial charge in [0.1, 0.15) is 12.4 Å². The number of benzene rings is 2. The highest BCUT2D eigenvalue weighted by atomic mass is 19.4. The summed E-state index contributed by atoms with van der Waals surface area (Å²) in [4.78, 5) is 14.5. The van der Waals surface area contributed by atoms with E-state index in [0.717, 1.165) is 23.5 Å². The molecule has 0 spiro atoms. The predicted octanol–water partition coefficient (Wildman–Crippen LogP) is 5.85. The summed E-state index contributed by atoms with van der Waals surface area (Å²) in [6.07, 6.45) is -3.49. The number of carboxylic acids is 1. The number of halogens is 3. The summed E-state index contributed by atoms with van der Waals surface area (Å²) in [5.74, 6) is 0.120. The van der Waals surface area contributed by atoms with Crippen molar-refractivity contribution in [1.82, 2.24) is 10.3 Å². The van der Waals surface area contributed by atoms with E-state index in [1.807, 2.05) is 24.3 Å². The molecule has 1 heterocycles. The lowest BCUT2D eigenvalue weighted by Gasteiger charge is -2.24. The standard InChI is InChI=1S/C27H30F3N3O3/c1-18(2)25(33-22-8-3-19(4-9-22)15-31-14-13-26(34)35)17-36-23-10-5-20(6-11-23)24-12-7-21(16-32-24)27(28,29)30/h3-12,16,18,25,31,33H,13-15,17H2,1-2H3,(H,34,35)/t25-/m1/s1. The van der Waals surface area contributed by atoms with Crippen molar-refractivity contribution in [2.45, 2.75) is 39.0 Å². The van der Waals surface area contributed by atoms with Crippen LogP contribution in [0.5, 0.6) is 5.75 Å². The molecule has 3 N–H and O–H groups in total. The van der Waals surface area contributed by atoms with Gasteiger partial charge in [0.05, 0.1) is 23.7 Å². The Morgan fingerprint density at radius 2 is 1.72 bits per heavy atom. The minimum atomic E-state index is -4.41. The smallest absolute Gasteiger partial charge is 0.417 e. The number of alkyl halides is 3. The summed E-state index contributed by atoms with van der Waals surface area (Å²) in [6.45, 7) is 5.64. The van der Waals surface area contributed by atoms with Crippen molar-refractivity contribution in [1.29, 1.82) is 0 Å². The monoisotopic (exact) mass is 501 g/mol. The van der Waals surface area contributed by atoms with Gasteiger partial charge in [0, 0.05) is 30.5 Å². The van der Waals surface area contributed by atoms with Gasteiger partial charge in [-0.1, -0.05) is 26.0 Å². The van der Waals surface area contributed by atoms with E-state index in [1.54, 1.807) is 24.3 Å². The van der Waals surface area contributed by atoms with Gasteiger partial charge in [-0.2, -0.15) is 13.2 Å². The first-order valence-corrected chi connectivity index (χ1v) is 11.7. The Labute approximate surface area is 208 Å². The number of rotatable bonds is 12. The lowest BCUT2D eigenvalue weighted by atomic mass is 10.0. The van der Waals surface area contributed by atoms with E-state index in [2.05, 4.69) is 29.5 Å². The first-order chi connectivity index (χ1) is 17.1. The molecule has 0 aliphatic rings. The normalized spacial score (nSPS) is 12.4. The highest BCUT2D eigenvalue weighted by Gasteiger charge is 2.30. The zero-order chi connectivity index (χ0) is 26.1. The molecule has 0 aliphatic carbocycles. The molecule has 0 amide bonds. The molecule has 1 atom stereocenters. The van der Waals surface area contributed by atoms with Crippen LogP contribution in [0.2, 0.25) is 0 Å². The maximum absolute atomic E-state index is 12.7. The fourth-order valence-corrected chi connectivity index (χ4v) is 3.40. The van der Waals surface area contributed by atoms with Crippen LogP contribution < -0.4 is 15.4 Å². The third-order valence-corrected chi connectivity index (χ3v) is 5.63. The number of ether oxygens (including phenoxy) is 1. The van der Waals surface area contributed by atoms with Crippen molar-refractivity contribution < 1.29 is 27.8 Å². The fourth-order valence-electron chi connectivity index (χ4n) is 3.40. The Morgan fingerprint density at radius 1 is 1.03 bits per heavy atom. The van der Waals surface area contributed by atoms with Gasteiger partial charge in [0.25, 0.3) is 0 Å². The predicted molar refractivity (Wildman–Crippen MR) is 133 cm³/mol. The van der Waals surface area contributed by atoms with Crippen molar-refractivity contribution in [3.05, 3.63) is 78.0 Å². The quantitative estimate of drug-likeness (QED) is 0.270. The zero-order valence-corrected chi connectivity index (χ0v) is 20.2. The third-order valence-electron chi connectivity index (χ3n) is 5.63. The molecule has 3 rings (SSSR count). The molecule has 0 bridgehead atoms. The number of pyridine rings is 1. The SMILES string of the molecule is CC(C)[C@@H](COc1ccc(-c2ccc(C(F)(F)F)cn2)cc1)Nc1ccc(CNCCC(=O)O)cc1. The minimum absolute atomic E-state index is 0.0424. The van der Waals surface area contributed by atoms with Crippen LogP contribution in [-0.4, -0.2) is 35.3 Å². The summed E-state index contributed by atoms with van der Waals surface area (Å²) < 4.78 is 44.2. The maximum atomic E-state index is 12.7. The minimum Gasteiger partial charge on any atom is -0.491 e. The molecule has 1 aromatic heterocycles. The van der Waals surface area contributed by atoms with Crippen LogP contribution in [0.3, 0.4) is 0 Å². The second kappa shape index (κ2) is 12.4. The first kappa shape index (κ1) is 27.0. The molecule has 3 aromatic rings. The number of carbonyl (C=O) groups is 1. The Bertz CT molecular complexity index is 1100. The third kappa shape index (κ3) is 8.27. The van der Waals surface area contributed by atoms with E-state index >= 15 is 0 Å². The van der Waals surface area contributed by atoms with Crippen molar-refractivity contribution >= 4 is 11.7 Å². The molecule has 0 unspecified atom stereocenters. The van der Waals surface area contributed by atoms with Gasteiger partial charge >= 0.3 is 12.1 Å². The van der Waals surface area contributed by atoms with Crippen LogP contribution in [0.25, 0.3) is 11.3 Å². The van der Waals surface area contributed by atoms with Crippen molar-refractivity contribution in [3.8, 4) is 17.0 Å². The van der Waals surface area contributed by atoms with E-state index in [4.69, 9.17) is 9.84 Å². The molecule has 2 aromatic carbocycles. The van der Waals surface area contributed by atoms with Crippen LogP contribution in [0.15, 0.2) is 66.9 Å². The van der Waals surface area contributed by atoms with Gasteiger partial charge < -0.3 is 20.5 Å². The average Bonchev–Trinajstić information content (AvgIpc) is 2.85. The van der Waals surface area contributed by atoms with Gasteiger partial charge in [-0.25, -0.2) is 0 Å². The average molecular weight is 502 g/mol. The molecule has 0 saturated heterocycles. The second-order valence-electron chi connectivity index (χ2n) is 8.78. The van der Waals surface area contributed by atoms with E-state index < -0.39 is 17.7 Å². The lowest BCUT2D eigenvalue weighted by Crippen LogP contribution is -2.32. The molecule has 6 nitrogen and oxygen atoms in total. The van der Waals surface area contributed by atoms with E-state index in [9.17, 15) is 18.0 Å². The molecule has 9 heteroatoms. The Kier molecular flexibility index (Phi) is 9.30. The molecular formula is C27H30F3N3O3. The van der Waals surface area contributed by atoms with Crippen LogP contribution in [0.1, 0.15) is 31.4 Å². The number of hydrogen-bond acceptors (Lipinski definition) is 5. The molecule has 0 fully saturated rings. The van der Waals surface area contributed by atoms with Crippen LogP contribution in [-0.2, 0) is 17.5 Å². The van der Waals surface area contributed by atoms with Crippen molar-refractivity contribution in [3.63, 3.8) is 0 Å². The van der Waals surface area contributed by atoms with Gasteiger partial charge in [0.2, 0.25) is 0 Å². The van der Waals surface area contributed by atoms with Crippen LogP contribution in [0, 0.1) is 5.92 Å². The van der Waals surface area contributed by atoms with Gasteiger partial charge in [-0.15, -0.1) is 0 Å². The molecular weight excluding hydrogens is 471 g/mol. The van der Waals surface area contributed by atoms with Gasteiger partial charge in [0.15, 0.2) is 0 Å². The van der Waals surface area contributed by atoms with Gasteiger partial charge in [-0.3, -0.25) is 9.78 Å². The lowest BCUT2D eigenvalue weighted by molar-refractivity contribution is -0.138. The zero-order valence-electron chi connectivity index (χ0n) is 20.2. The molecule has 0 aliphatic heterocycles. The highest BCUT2D eigenvalue weighted by molar-refractivity contribution is 5.66. The van der Waals surface area contributed by atoms with Crippen LogP contribution in [0.4, 0.5) is 18.9 Å². The van der Waals surface area contributed by atoms with E-state index in [0.29, 0.717) is 36.7 Å². The Balaban J connectivity index is 1.53. The molecule has 0 radical (unpaired) electrons. The Morgan fingerprint density at radius 3 is 2.28 bits per heavy atom. The molecule has 36 heavy (non-hydrogen) atoms. The Hall–Kier alpha value is -3.59. The largest absolute Gasteiger partial charge is 0.491 e. The van der Waals surface area contributed by atoms with Crippen molar-refractivity contribution in [2.24, 2.45) is 5.92 Å². The number of aromatic nitrogens is 1. The van der Waals surface area contributed by atoms with E-state index in [-0.39, 0.29) is 18.4 Å². The number of nitrogens with one attached hydrogen (secondary N) is 2. The molecule has 192 valence electrons. The topological polar surface area (TPSA) is 83.5 Å². The van der Waals surface area contributed by atoms with Gasteiger partial charge in [-0.05, 0) is 60.0 Å². The fraction of sp³-hybridized carbons (Fsp3) is 0.333. The van der Waals surface area contributed by atoms with Crippen LogP contribution >= 0.6 is 0 Å². The number of carboxylic acid groups (broad SMARTS) is 1. The number of anilines is 1. The number of nitrogens with zero attached hydrogens (tertiary/aromatic N) is 1. The molecule has 0 saturated carbocycles. The summed E-state index contributed by atoms with van der Waals surface area (Å²) in [5, 5.41) is 15.3. The number of aliphatic carboxylic acids is 1. The highest BCUT2D eigenvalue weighted by Crippen LogP contribution is 2.30. The van der Waals surface area contributed by atoms with E-state index in [1.165, 1.54) is 6.07 Å². The summed E-state index contributed by atoms with van der Waals surface area (Å²) in [6, 6.07) is 17.5. The number of hydrogen-bond donors (Lipinski definition) is 3. The summed E-state index contributed by atoms with van der Waals surface area (Å²) >= 11 is 0. The summed E-state index contributed by atoms with van der Waals surface area (Å²) in [7, 11) is 0. The second-order valence-corrected chi connectivity index (χ2v) is 8.78. The summed E-state index contributed by atoms with van der Waals surface area (Å²) in [5.41, 5.74) is 2.39. The maximum Gasteiger partial charge on any atom is 0.417 e. The first-order valence-electron chi connectivity index (χ1n) is 11.7. The van der Waals surface area contributed by atoms with Crippen molar-refractivity contribution in [2.75, 3.05) is 18.5 Å².